The highest BCUT2D eigenvalue weighted by atomic mass is 16.1. The number of carbonyl (C=O) groups excluding carboxylic acids is 1. The number of amides is 1. The molecule has 0 fully saturated rings. The van der Waals surface area contributed by atoms with Gasteiger partial charge >= 0.3 is 0 Å². The number of aryl methyl sites for hydroxylation is 1. The van der Waals surface area contributed by atoms with Gasteiger partial charge in [-0.05, 0) is 29.3 Å². The SMILES string of the molecule is CNC(=O)c1cc(C)cc2ccccc12. The Balaban J connectivity index is 2.76. The number of fused-ring (bicyclic) bond motifs is 1. The summed E-state index contributed by atoms with van der Waals surface area (Å²) < 4.78 is 0. The summed E-state index contributed by atoms with van der Waals surface area (Å²) in [6.45, 7) is 2.00. The van der Waals surface area contributed by atoms with E-state index in [2.05, 4.69) is 11.4 Å². The predicted molar refractivity (Wildman–Crippen MR) is 62.1 cm³/mol. The van der Waals surface area contributed by atoms with E-state index >= 15 is 0 Å². The maximum Gasteiger partial charge on any atom is 0.251 e. The van der Waals surface area contributed by atoms with Gasteiger partial charge in [0.25, 0.3) is 5.91 Å². The third-order valence-corrected chi connectivity index (χ3v) is 2.48. The van der Waals surface area contributed by atoms with Gasteiger partial charge in [-0.3, -0.25) is 4.79 Å². The Morgan fingerprint density at radius 1 is 1.20 bits per heavy atom. The second kappa shape index (κ2) is 3.73. The molecule has 0 aliphatic rings. The molecule has 0 saturated carbocycles. The van der Waals surface area contributed by atoms with E-state index < -0.39 is 0 Å². The summed E-state index contributed by atoms with van der Waals surface area (Å²) >= 11 is 0. The molecule has 2 heteroatoms. The number of hydrogen-bond acceptors (Lipinski definition) is 1. The van der Waals surface area contributed by atoms with Crippen molar-refractivity contribution >= 4 is 16.7 Å². The van der Waals surface area contributed by atoms with Gasteiger partial charge in [0.2, 0.25) is 0 Å². The topological polar surface area (TPSA) is 29.1 Å². The Labute approximate surface area is 88.9 Å². The number of rotatable bonds is 1. The first-order chi connectivity index (χ1) is 7.22. The average molecular weight is 199 g/mol. The first kappa shape index (κ1) is 9.71. The molecule has 0 bridgehead atoms. The van der Waals surface area contributed by atoms with Crippen LogP contribution in [0.3, 0.4) is 0 Å². The van der Waals surface area contributed by atoms with E-state index in [1.165, 1.54) is 0 Å². The van der Waals surface area contributed by atoms with Crippen LogP contribution in [0.25, 0.3) is 10.8 Å². The van der Waals surface area contributed by atoms with Gasteiger partial charge in [0, 0.05) is 12.6 Å². The zero-order valence-electron chi connectivity index (χ0n) is 8.87. The van der Waals surface area contributed by atoms with Crippen molar-refractivity contribution in [3.8, 4) is 0 Å². The molecule has 1 N–H and O–H groups in total. The van der Waals surface area contributed by atoms with Gasteiger partial charge < -0.3 is 5.32 Å². The van der Waals surface area contributed by atoms with Gasteiger partial charge in [-0.1, -0.05) is 30.3 Å². The van der Waals surface area contributed by atoms with Crippen LogP contribution in [-0.4, -0.2) is 13.0 Å². The molecule has 0 aliphatic carbocycles. The van der Waals surface area contributed by atoms with Crippen LogP contribution in [0.1, 0.15) is 15.9 Å². The lowest BCUT2D eigenvalue weighted by Gasteiger charge is -2.06. The maximum atomic E-state index is 11.7. The van der Waals surface area contributed by atoms with Crippen LogP contribution in [0, 0.1) is 6.92 Å². The van der Waals surface area contributed by atoms with Crippen molar-refractivity contribution in [2.75, 3.05) is 7.05 Å². The molecule has 0 atom stereocenters. The van der Waals surface area contributed by atoms with Gasteiger partial charge in [-0.25, -0.2) is 0 Å². The van der Waals surface area contributed by atoms with E-state index in [9.17, 15) is 4.79 Å². The zero-order chi connectivity index (χ0) is 10.8. The van der Waals surface area contributed by atoms with Gasteiger partial charge in [-0.2, -0.15) is 0 Å². The van der Waals surface area contributed by atoms with Crippen LogP contribution < -0.4 is 5.32 Å². The third kappa shape index (κ3) is 1.71. The lowest BCUT2D eigenvalue weighted by molar-refractivity contribution is 0.0964. The molecule has 0 spiro atoms. The summed E-state index contributed by atoms with van der Waals surface area (Å²) in [4.78, 5) is 11.7. The van der Waals surface area contributed by atoms with Crippen LogP contribution in [0.5, 0.6) is 0 Å². The molecule has 0 unspecified atom stereocenters. The monoisotopic (exact) mass is 199 g/mol. The molecule has 2 aromatic rings. The van der Waals surface area contributed by atoms with E-state index in [0.29, 0.717) is 0 Å². The van der Waals surface area contributed by atoms with E-state index in [0.717, 1.165) is 21.9 Å². The largest absolute Gasteiger partial charge is 0.355 e. The van der Waals surface area contributed by atoms with Crippen molar-refractivity contribution in [1.82, 2.24) is 5.32 Å². The summed E-state index contributed by atoms with van der Waals surface area (Å²) in [5, 5.41) is 4.77. The fraction of sp³-hybridized carbons (Fsp3) is 0.154. The van der Waals surface area contributed by atoms with E-state index in [-0.39, 0.29) is 5.91 Å². The number of benzene rings is 2. The lowest BCUT2D eigenvalue weighted by atomic mass is 10.0. The lowest BCUT2D eigenvalue weighted by Crippen LogP contribution is -2.18. The summed E-state index contributed by atoms with van der Waals surface area (Å²) in [6.07, 6.45) is 0. The Morgan fingerprint density at radius 2 is 1.93 bits per heavy atom. The minimum atomic E-state index is -0.0325. The predicted octanol–water partition coefficient (Wildman–Crippen LogP) is 2.51. The van der Waals surface area contributed by atoms with Crippen LogP contribution >= 0.6 is 0 Å². The van der Waals surface area contributed by atoms with Crippen molar-refractivity contribution in [1.29, 1.82) is 0 Å². The molecule has 0 aromatic heterocycles. The fourth-order valence-electron chi connectivity index (χ4n) is 1.78. The van der Waals surface area contributed by atoms with Crippen LogP contribution in [-0.2, 0) is 0 Å². The minimum Gasteiger partial charge on any atom is -0.355 e. The zero-order valence-corrected chi connectivity index (χ0v) is 8.87. The third-order valence-electron chi connectivity index (χ3n) is 2.48. The highest BCUT2D eigenvalue weighted by Gasteiger charge is 2.08. The van der Waals surface area contributed by atoms with Crippen molar-refractivity contribution < 1.29 is 4.79 Å². The molecule has 76 valence electrons. The summed E-state index contributed by atoms with van der Waals surface area (Å²) in [6, 6.07) is 11.9. The molecule has 0 radical (unpaired) electrons. The number of hydrogen-bond donors (Lipinski definition) is 1. The van der Waals surface area contributed by atoms with Crippen molar-refractivity contribution in [2.24, 2.45) is 0 Å². The van der Waals surface area contributed by atoms with E-state index in [4.69, 9.17) is 0 Å². The van der Waals surface area contributed by atoms with Crippen molar-refractivity contribution in [2.45, 2.75) is 6.92 Å². The second-order valence-corrected chi connectivity index (χ2v) is 3.61. The average Bonchev–Trinajstić information content (AvgIpc) is 2.26. The first-order valence-corrected chi connectivity index (χ1v) is 4.94. The highest BCUT2D eigenvalue weighted by molar-refractivity contribution is 6.07. The highest BCUT2D eigenvalue weighted by Crippen LogP contribution is 2.20. The van der Waals surface area contributed by atoms with Crippen LogP contribution in [0.4, 0.5) is 0 Å². The quantitative estimate of drug-likeness (QED) is 0.751. The molecule has 1 amide bonds. The number of nitrogens with one attached hydrogen (secondary N) is 1. The second-order valence-electron chi connectivity index (χ2n) is 3.61. The first-order valence-electron chi connectivity index (χ1n) is 4.94. The molecule has 2 nitrogen and oxygen atoms in total. The summed E-state index contributed by atoms with van der Waals surface area (Å²) in [7, 11) is 1.65. The molecule has 2 rings (SSSR count). The Hall–Kier alpha value is -1.83. The van der Waals surface area contributed by atoms with Gasteiger partial charge in [0.05, 0.1) is 0 Å². The smallest absolute Gasteiger partial charge is 0.251 e. The fourth-order valence-corrected chi connectivity index (χ4v) is 1.78. The van der Waals surface area contributed by atoms with Gasteiger partial charge in [-0.15, -0.1) is 0 Å². The van der Waals surface area contributed by atoms with Crippen molar-refractivity contribution in [3.63, 3.8) is 0 Å². The molecule has 15 heavy (non-hydrogen) atoms. The molecular formula is C13H13NO. The molecular weight excluding hydrogens is 186 g/mol. The standard InChI is InChI=1S/C13H13NO/c1-9-7-10-5-3-4-6-11(10)12(8-9)13(15)14-2/h3-8H,1-2H3,(H,14,15). The van der Waals surface area contributed by atoms with E-state index in [1.807, 2.05) is 37.3 Å². The summed E-state index contributed by atoms with van der Waals surface area (Å²) in [5.41, 5.74) is 1.85. The number of carbonyl (C=O) groups is 1. The van der Waals surface area contributed by atoms with Gasteiger partial charge in [0.1, 0.15) is 0 Å². The van der Waals surface area contributed by atoms with Crippen LogP contribution in [0.15, 0.2) is 36.4 Å². The Bertz CT molecular complexity index is 517. The molecule has 0 saturated heterocycles. The van der Waals surface area contributed by atoms with E-state index in [1.54, 1.807) is 7.05 Å². The Morgan fingerprint density at radius 3 is 2.67 bits per heavy atom. The maximum absolute atomic E-state index is 11.7. The van der Waals surface area contributed by atoms with Crippen LogP contribution in [0.2, 0.25) is 0 Å². The normalized spacial score (nSPS) is 10.3. The molecule has 2 aromatic carbocycles. The molecule has 0 heterocycles. The van der Waals surface area contributed by atoms with Crippen molar-refractivity contribution in [3.05, 3.63) is 47.5 Å². The van der Waals surface area contributed by atoms with Gasteiger partial charge in [0.15, 0.2) is 0 Å². The summed E-state index contributed by atoms with van der Waals surface area (Å²) in [5.74, 6) is -0.0325. The Kier molecular flexibility index (Phi) is 2.42. The minimum absolute atomic E-state index is 0.0325. The molecule has 0 aliphatic heterocycles.